The first-order chi connectivity index (χ1) is 16.7. The van der Waals surface area contributed by atoms with Crippen molar-refractivity contribution in [3.05, 3.63) is 47.6 Å². The normalized spacial score (nSPS) is 10.0. The molecule has 0 spiro atoms. The first-order valence-corrected chi connectivity index (χ1v) is 12.4. The average Bonchev–Trinajstić information content (AvgIpc) is 3.35. The summed E-state index contributed by atoms with van der Waals surface area (Å²) in [6.45, 7) is 5.45. The third-order valence-corrected chi connectivity index (χ3v) is 7.43. The van der Waals surface area contributed by atoms with Crippen LogP contribution in [0.2, 0.25) is 0 Å². The Kier molecular flexibility index (Phi) is 12.0. The van der Waals surface area contributed by atoms with Crippen LogP contribution in [0.5, 0.6) is 0 Å². The summed E-state index contributed by atoms with van der Waals surface area (Å²) < 4.78 is 20.3. The third kappa shape index (κ3) is 7.26. The summed E-state index contributed by atoms with van der Waals surface area (Å²) in [6.07, 6.45) is 0. The molecular formula is C21H27Br3N6O6. The summed E-state index contributed by atoms with van der Waals surface area (Å²) in [5, 5.41) is 12.1. The molecule has 3 heterocycles. The van der Waals surface area contributed by atoms with E-state index in [2.05, 4.69) is 77.3 Å². The lowest BCUT2D eigenvalue weighted by Crippen LogP contribution is -2.08. The van der Waals surface area contributed by atoms with Gasteiger partial charge in [-0.15, -0.1) is 0 Å². The monoisotopic (exact) mass is 696 g/mol. The standard InChI is InChI=1S/3C7H9BrN2O2/c3*1-4-5(8)6(7(11)12-3)10(2)9-4/h3*1-3H3. The summed E-state index contributed by atoms with van der Waals surface area (Å²) in [5.74, 6) is -1.15. The van der Waals surface area contributed by atoms with Crippen LogP contribution in [0, 0.1) is 20.8 Å². The maximum atomic E-state index is 11.2. The number of hydrogen-bond donors (Lipinski definition) is 0. The fourth-order valence-corrected chi connectivity index (χ4v) is 4.35. The molecule has 0 aliphatic rings. The Bertz CT molecular complexity index is 1110. The van der Waals surface area contributed by atoms with Gasteiger partial charge in [0.1, 0.15) is 0 Å². The number of aryl methyl sites for hydroxylation is 6. The topological polar surface area (TPSA) is 132 Å². The Morgan fingerprint density at radius 3 is 0.861 bits per heavy atom. The van der Waals surface area contributed by atoms with E-state index < -0.39 is 0 Å². The molecular weight excluding hydrogens is 672 g/mol. The Morgan fingerprint density at radius 2 is 0.750 bits per heavy atom. The van der Waals surface area contributed by atoms with Crippen molar-refractivity contribution in [2.75, 3.05) is 21.3 Å². The van der Waals surface area contributed by atoms with Gasteiger partial charge in [-0.1, -0.05) is 0 Å². The molecule has 0 radical (unpaired) electrons. The molecule has 3 aromatic heterocycles. The van der Waals surface area contributed by atoms with Crippen LogP contribution < -0.4 is 0 Å². The van der Waals surface area contributed by atoms with Gasteiger partial charge in [0.15, 0.2) is 17.1 Å². The molecule has 0 bridgehead atoms. The molecule has 0 unspecified atom stereocenters. The SMILES string of the molecule is COC(=O)c1c(Br)c(C)nn1C.COC(=O)c1c(Br)c(C)nn1C.COC(=O)c1c(Br)c(C)nn1C. The van der Waals surface area contributed by atoms with Gasteiger partial charge in [-0.2, -0.15) is 15.3 Å². The predicted octanol–water partition coefficient (Wildman–Crippen LogP) is 3.83. The quantitative estimate of drug-likeness (QED) is 0.296. The largest absolute Gasteiger partial charge is 0.464 e. The molecule has 0 atom stereocenters. The number of methoxy groups -OCH3 is 3. The molecule has 0 amide bonds. The highest BCUT2D eigenvalue weighted by atomic mass is 79.9. The average molecular weight is 699 g/mol. The third-order valence-electron chi connectivity index (χ3n) is 4.58. The summed E-state index contributed by atoms with van der Waals surface area (Å²) in [5.41, 5.74) is 3.65. The lowest BCUT2D eigenvalue weighted by atomic mass is 10.4. The maximum Gasteiger partial charge on any atom is 0.357 e. The Hall–Kier alpha value is -2.52. The van der Waals surface area contributed by atoms with Gasteiger partial charge in [0.05, 0.1) is 51.8 Å². The number of aromatic nitrogens is 6. The van der Waals surface area contributed by atoms with Crippen molar-refractivity contribution in [1.29, 1.82) is 0 Å². The van der Waals surface area contributed by atoms with Crippen LogP contribution >= 0.6 is 47.8 Å². The van der Waals surface area contributed by atoms with Gasteiger partial charge in [-0.25, -0.2) is 14.4 Å². The van der Waals surface area contributed by atoms with Crippen molar-refractivity contribution in [2.45, 2.75) is 20.8 Å². The van der Waals surface area contributed by atoms with Crippen LogP contribution in [0.1, 0.15) is 48.5 Å². The second-order valence-corrected chi connectivity index (χ2v) is 9.47. The van der Waals surface area contributed by atoms with Crippen LogP contribution in [0.25, 0.3) is 0 Å². The number of carbonyl (C=O) groups is 3. The zero-order valence-electron chi connectivity index (χ0n) is 21.3. The minimum absolute atomic E-state index is 0.384. The van der Waals surface area contributed by atoms with Crippen LogP contribution in [0.4, 0.5) is 0 Å². The lowest BCUT2D eigenvalue weighted by molar-refractivity contribution is 0.0578. The highest BCUT2D eigenvalue weighted by molar-refractivity contribution is 9.11. The predicted molar refractivity (Wildman–Crippen MR) is 141 cm³/mol. The number of esters is 3. The van der Waals surface area contributed by atoms with Crippen LogP contribution in [0.15, 0.2) is 13.4 Å². The molecule has 0 saturated carbocycles. The summed E-state index contributed by atoms with van der Waals surface area (Å²) >= 11 is 9.77. The van der Waals surface area contributed by atoms with E-state index >= 15 is 0 Å². The number of rotatable bonds is 3. The number of carbonyl (C=O) groups excluding carboxylic acids is 3. The van der Waals surface area contributed by atoms with E-state index in [0.29, 0.717) is 30.5 Å². The molecule has 3 rings (SSSR count). The van der Waals surface area contributed by atoms with E-state index in [9.17, 15) is 14.4 Å². The van der Waals surface area contributed by atoms with Crippen molar-refractivity contribution < 1.29 is 28.6 Å². The minimum atomic E-state index is -0.384. The summed E-state index contributed by atoms with van der Waals surface area (Å²) in [6, 6.07) is 0. The Labute approximate surface area is 233 Å². The molecule has 3 aromatic rings. The van der Waals surface area contributed by atoms with Gasteiger partial charge in [-0.3, -0.25) is 14.0 Å². The zero-order chi connectivity index (χ0) is 27.9. The highest BCUT2D eigenvalue weighted by Gasteiger charge is 2.19. The number of halogens is 3. The van der Waals surface area contributed by atoms with Gasteiger partial charge >= 0.3 is 17.9 Å². The smallest absolute Gasteiger partial charge is 0.357 e. The van der Waals surface area contributed by atoms with E-state index in [1.807, 2.05) is 20.8 Å². The molecule has 0 fully saturated rings. The molecule has 0 aliphatic carbocycles. The van der Waals surface area contributed by atoms with Gasteiger partial charge in [0.2, 0.25) is 0 Å². The van der Waals surface area contributed by atoms with Crippen molar-refractivity contribution in [2.24, 2.45) is 21.1 Å². The van der Waals surface area contributed by atoms with Crippen LogP contribution in [0.3, 0.4) is 0 Å². The van der Waals surface area contributed by atoms with E-state index in [1.54, 1.807) is 21.1 Å². The maximum absolute atomic E-state index is 11.2. The van der Waals surface area contributed by atoms with Crippen molar-refractivity contribution in [3.8, 4) is 0 Å². The second-order valence-electron chi connectivity index (χ2n) is 7.09. The molecule has 36 heavy (non-hydrogen) atoms. The molecule has 0 saturated heterocycles. The molecule has 0 N–H and O–H groups in total. The summed E-state index contributed by atoms with van der Waals surface area (Å²) in [7, 11) is 9.13. The number of ether oxygens (including phenoxy) is 3. The fourth-order valence-electron chi connectivity index (χ4n) is 2.85. The van der Waals surface area contributed by atoms with Crippen molar-refractivity contribution >= 4 is 65.7 Å². The highest BCUT2D eigenvalue weighted by Crippen LogP contribution is 2.22. The fraction of sp³-hybridized carbons (Fsp3) is 0.429. The lowest BCUT2D eigenvalue weighted by Gasteiger charge is -1.98. The minimum Gasteiger partial charge on any atom is -0.464 e. The van der Waals surface area contributed by atoms with E-state index in [1.165, 1.54) is 35.4 Å². The van der Waals surface area contributed by atoms with Gasteiger partial charge in [0.25, 0.3) is 0 Å². The molecule has 15 heteroatoms. The van der Waals surface area contributed by atoms with Gasteiger partial charge in [-0.05, 0) is 68.6 Å². The van der Waals surface area contributed by atoms with Crippen molar-refractivity contribution in [3.63, 3.8) is 0 Å². The Balaban J connectivity index is 0.000000270. The van der Waals surface area contributed by atoms with Crippen LogP contribution in [-0.4, -0.2) is 68.6 Å². The van der Waals surface area contributed by atoms with E-state index in [4.69, 9.17) is 0 Å². The number of hydrogen-bond acceptors (Lipinski definition) is 9. The molecule has 0 aromatic carbocycles. The van der Waals surface area contributed by atoms with E-state index in [0.717, 1.165) is 17.1 Å². The van der Waals surface area contributed by atoms with Crippen LogP contribution in [-0.2, 0) is 35.4 Å². The van der Waals surface area contributed by atoms with E-state index in [-0.39, 0.29) is 17.9 Å². The van der Waals surface area contributed by atoms with Gasteiger partial charge in [0, 0.05) is 21.1 Å². The van der Waals surface area contributed by atoms with Gasteiger partial charge < -0.3 is 14.2 Å². The summed E-state index contributed by atoms with van der Waals surface area (Å²) in [4.78, 5) is 33.5. The first kappa shape index (κ1) is 31.5. The molecule has 198 valence electrons. The number of nitrogens with zero attached hydrogens (tertiary/aromatic N) is 6. The van der Waals surface area contributed by atoms with Crippen molar-refractivity contribution in [1.82, 2.24) is 29.3 Å². The molecule has 0 aliphatic heterocycles. The second kappa shape index (κ2) is 13.7. The first-order valence-electron chi connectivity index (χ1n) is 10.0. The zero-order valence-corrected chi connectivity index (χ0v) is 26.0. The Morgan fingerprint density at radius 1 is 0.556 bits per heavy atom. The molecule has 12 nitrogen and oxygen atoms in total.